The highest BCUT2D eigenvalue weighted by molar-refractivity contribution is 6.51. The maximum absolute atomic E-state index is 5.87. The summed E-state index contributed by atoms with van der Waals surface area (Å²) in [6, 6.07) is 7.70. The molecule has 0 saturated carbocycles. The molecule has 4 heteroatoms. The van der Waals surface area contributed by atoms with Gasteiger partial charge in [-0.05, 0) is 45.4 Å². The van der Waals surface area contributed by atoms with Crippen LogP contribution in [-0.4, -0.2) is 18.3 Å². The van der Waals surface area contributed by atoms with Crippen LogP contribution in [0.1, 0.15) is 33.3 Å². The third kappa shape index (κ3) is 3.54. The summed E-state index contributed by atoms with van der Waals surface area (Å²) in [6.45, 7) is 8.18. The Kier molecular flexibility index (Phi) is 4.43. The fraction of sp³-hybridized carbons (Fsp3) is 0.375. The summed E-state index contributed by atoms with van der Waals surface area (Å²) in [5, 5.41) is 0.745. The highest BCUT2D eigenvalue weighted by Gasteiger charge is 2.49. The van der Waals surface area contributed by atoms with Crippen LogP contribution in [0.5, 0.6) is 0 Å². The number of rotatable bonds is 3. The van der Waals surface area contributed by atoms with Crippen molar-refractivity contribution in [1.82, 2.24) is 0 Å². The predicted molar refractivity (Wildman–Crippen MR) is 85.7 cm³/mol. The molecular formula is C16H20BClO2. The topological polar surface area (TPSA) is 18.5 Å². The summed E-state index contributed by atoms with van der Waals surface area (Å²) >= 11 is 5.84. The molecule has 0 unspecified atom stereocenters. The van der Waals surface area contributed by atoms with Gasteiger partial charge in [0.25, 0.3) is 0 Å². The van der Waals surface area contributed by atoms with Crippen LogP contribution in [0, 0.1) is 0 Å². The molecule has 0 atom stereocenters. The zero-order valence-electron chi connectivity index (χ0n) is 12.4. The van der Waals surface area contributed by atoms with Gasteiger partial charge in [-0.3, -0.25) is 0 Å². The zero-order chi connectivity index (χ0) is 14.8. The maximum Gasteiger partial charge on any atom is 0.487 e. The largest absolute Gasteiger partial charge is 0.487 e. The number of halogens is 1. The number of hydrogen-bond donors (Lipinski definition) is 0. The maximum atomic E-state index is 5.87. The van der Waals surface area contributed by atoms with Crippen molar-refractivity contribution in [3.63, 3.8) is 0 Å². The fourth-order valence-corrected chi connectivity index (χ4v) is 1.99. The summed E-state index contributed by atoms with van der Waals surface area (Å²) in [4.78, 5) is 0. The van der Waals surface area contributed by atoms with Gasteiger partial charge in [0, 0.05) is 5.02 Å². The molecule has 0 bridgehead atoms. The fourth-order valence-electron chi connectivity index (χ4n) is 1.86. The molecule has 2 rings (SSSR count). The average molecular weight is 291 g/mol. The molecule has 0 amide bonds. The zero-order valence-corrected chi connectivity index (χ0v) is 13.1. The lowest BCUT2D eigenvalue weighted by Gasteiger charge is -2.32. The van der Waals surface area contributed by atoms with E-state index < -0.39 is 0 Å². The van der Waals surface area contributed by atoms with E-state index in [1.807, 2.05) is 76.2 Å². The normalized spacial score (nSPS) is 21.1. The van der Waals surface area contributed by atoms with Crippen molar-refractivity contribution >= 4 is 24.8 Å². The van der Waals surface area contributed by atoms with Gasteiger partial charge >= 0.3 is 7.12 Å². The van der Waals surface area contributed by atoms with Gasteiger partial charge in [-0.1, -0.05) is 47.9 Å². The van der Waals surface area contributed by atoms with Crippen LogP contribution < -0.4 is 0 Å². The molecule has 0 aliphatic carbocycles. The van der Waals surface area contributed by atoms with Gasteiger partial charge in [0.05, 0.1) is 11.2 Å². The van der Waals surface area contributed by atoms with E-state index >= 15 is 0 Å². The van der Waals surface area contributed by atoms with Crippen molar-refractivity contribution in [2.45, 2.75) is 38.9 Å². The standard InChI is InChI=1S/C16H20BClO2/c1-15(2)16(3,4)20-17(19-15)12-6-5-7-13-8-10-14(18)11-9-13/h5-12H,1-4H3/b7-5+,12-6+. The second kappa shape index (κ2) is 5.76. The molecule has 1 aromatic rings. The van der Waals surface area contributed by atoms with E-state index in [4.69, 9.17) is 20.9 Å². The molecule has 0 spiro atoms. The van der Waals surface area contributed by atoms with Gasteiger partial charge in [0.1, 0.15) is 0 Å². The van der Waals surface area contributed by atoms with Crippen molar-refractivity contribution < 1.29 is 9.31 Å². The van der Waals surface area contributed by atoms with Crippen LogP contribution in [0.15, 0.2) is 42.4 Å². The minimum absolute atomic E-state index is 0.290. The van der Waals surface area contributed by atoms with E-state index in [9.17, 15) is 0 Å². The summed E-state index contributed by atoms with van der Waals surface area (Å²) in [6.07, 6.45) is 5.92. The summed E-state index contributed by atoms with van der Waals surface area (Å²) in [5.41, 5.74) is 0.525. The van der Waals surface area contributed by atoms with Gasteiger partial charge in [0.2, 0.25) is 0 Å². The summed E-state index contributed by atoms with van der Waals surface area (Å²) < 4.78 is 11.7. The Bertz CT molecular complexity index is 502. The molecule has 0 N–H and O–H groups in total. The summed E-state index contributed by atoms with van der Waals surface area (Å²) in [5.74, 6) is 1.92. The third-order valence-electron chi connectivity index (χ3n) is 3.81. The van der Waals surface area contributed by atoms with E-state index in [1.165, 1.54) is 0 Å². The monoisotopic (exact) mass is 290 g/mol. The van der Waals surface area contributed by atoms with Crippen molar-refractivity contribution in [3.8, 4) is 0 Å². The lowest BCUT2D eigenvalue weighted by Crippen LogP contribution is -2.41. The van der Waals surface area contributed by atoms with Gasteiger partial charge < -0.3 is 9.31 Å². The first kappa shape index (κ1) is 15.4. The Morgan fingerprint density at radius 2 is 1.50 bits per heavy atom. The Hall–Kier alpha value is -1.03. The molecular weight excluding hydrogens is 270 g/mol. The molecule has 1 saturated heterocycles. The minimum atomic E-state index is -0.296. The second-order valence-corrected chi connectivity index (χ2v) is 6.36. The molecule has 20 heavy (non-hydrogen) atoms. The smallest absolute Gasteiger partial charge is 0.400 e. The molecule has 1 fully saturated rings. The van der Waals surface area contributed by atoms with E-state index in [0.717, 1.165) is 10.6 Å². The highest BCUT2D eigenvalue weighted by atomic mass is 35.5. The van der Waals surface area contributed by atoms with E-state index in [1.54, 1.807) is 0 Å². The highest BCUT2D eigenvalue weighted by Crippen LogP contribution is 2.36. The van der Waals surface area contributed by atoms with Gasteiger partial charge in [-0.25, -0.2) is 0 Å². The van der Waals surface area contributed by atoms with Crippen molar-refractivity contribution in [2.75, 3.05) is 0 Å². The Morgan fingerprint density at radius 3 is 2.05 bits per heavy atom. The van der Waals surface area contributed by atoms with E-state index in [0.29, 0.717) is 0 Å². The van der Waals surface area contributed by atoms with Crippen LogP contribution in [0.4, 0.5) is 0 Å². The Morgan fingerprint density at radius 1 is 0.950 bits per heavy atom. The third-order valence-corrected chi connectivity index (χ3v) is 4.06. The lowest BCUT2D eigenvalue weighted by molar-refractivity contribution is 0.00578. The molecule has 1 aromatic carbocycles. The lowest BCUT2D eigenvalue weighted by atomic mass is 9.90. The van der Waals surface area contributed by atoms with Crippen LogP contribution in [0.3, 0.4) is 0 Å². The van der Waals surface area contributed by atoms with Crippen LogP contribution >= 0.6 is 11.6 Å². The van der Waals surface area contributed by atoms with Crippen molar-refractivity contribution in [2.24, 2.45) is 0 Å². The van der Waals surface area contributed by atoms with Crippen molar-refractivity contribution in [1.29, 1.82) is 0 Å². The average Bonchev–Trinajstić information content (AvgIpc) is 2.56. The van der Waals surface area contributed by atoms with Crippen LogP contribution in [0.2, 0.25) is 5.02 Å². The molecule has 1 aliphatic heterocycles. The molecule has 0 radical (unpaired) electrons. The SMILES string of the molecule is CC1(C)OB(/C=C/C=C/c2ccc(Cl)cc2)OC1(C)C. The minimum Gasteiger partial charge on any atom is -0.400 e. The number of hydrogen-bond acceptors (Lipinski definition) is 2. The Balaban J connectivity index is 1.93. The van der Waals surface area contributed by atoms with Crippen LogP contribution in [0.25, 0.3) is 6.08 Å². The van der Waals surface area contributed by atoms with E-state index in [2.05, 4.69) is 0 Å². The number of benzene rings is 1. The second-order valence-electron chi connectivity index (χ2n) is 5.92. The molecule has 2 nitrogen and oxygen atoms in total. The first-order valence-electron chi connectivity index (χ1n) is 6.76. The van der Waals surface area contributed by atoms with Crippen molar-refractivity contribution in [3.05, 3.63) is 53.0 Å². The Labute approximate surface area is 126 Å². The molecule has 1 heterocycles. The van der Waals surface area contributed by atoms with E-state index in [-0.39, 0.29) is 18.3 Å². The first-order chi connectivity index (χ1) is 9.30. The van der Waals surface area contributed by atoms with Gasteiger partial charge in [-0.2, -0.15) is 0 Å². The molecule has 1 aliphatic rings. The van der Waals surface area contributed by atoms with Gasteiger partial charge in [-0.15, -0.1) is 0 Å². The molecule has 106 valence electrons. The molecule has 0 aromatic heterocycles. The summed E-state index contributed by atoms with van der Waals surface area (Å²) in [7, 11) is -0.296. The quantitative estimate of drug-likeness (QED) is 0.601. The first-order valence-corrected chi connectivity index (χ1v) is 7.14. The van der Waals surface area contributed by atoms with Gasteiger partial charge in [0.15, 0.2) is 0 Å². The number of allylic oxidation sites excluding steroid dienone is 2. The predicted octanol–water partition coefficient (Wildman–Crippen LogP) is 4.54. The van der Waals surface area contributed by atoms with Crippen LogP contribution in [-0.2, 0) is 9.31 Å².